The van der Waals surface area contributed by atoms with E-state index in [0.29, 0.717) is 5.57 Å². The summed E-state index contributed by atoms with van der Waals surface area (Å²) in [4.78, 5) is 11.5. The summed E-state index contributed by atoms with van der Waals surface area (Å²) in [5.74, 6) is 0.0544. The molecule has 1 nitrogen and oxygen atoms in total. The minimum Gasteiger partial charge on any atom is -0.289 e. The molecule has 1 heteroatoms. The second-order valence-corrected chi connectivity index (χ2v) is 3.35. The molecule has 3 rings (SSSR count). The Labute approximate surface area is 82.1 Å². The molecule has 0 saturated heterocycles. The normalized spacial score (nSPS) is 17.3. The molecule has 2 aliphatic carbocycles. The fraction of sp³-hybridized carbons (Fsp3) is 0. The fourth-order valence-corrected chi connectivity index (χ4v) is 1.85. The summed E-state index contributed by atoms with van der Waals surface area (Å²) in [5.41, 5.74) is 3.84. The van der Waals surface area contributed by atoms with Gasteiger partial charge < -0.3 is 0 Å². The number of ketones is 1. The molecule has 0 unspecified atom stereocenters. The summed E-state index contributed by atoms with van der Waals surface area (Å²) in [7, 11) is 0. The molecule has 0 heterocycles. The van der Waals surface area contributed by atoms with Gasteiger partial charge in [0.05, 0.1) is 0 Å². The SMILES string of the molecule is O=C1C=CC=C2C1=[C]c1ccccc12. The van der Waals surface area contributed by atoms with Crippen molar-refractivity contribution in [1.82, 2.24) is 0 Å². The van der Waals surface area contributed by atoms with Gasteiger partial charge in [0.25, 0.3) is 0 Å². The first-order valence-corrected chi connectivity index (χ1v) is 4.53. The highest BCUT2D eigenvalue weighted by Gasteiger charge is 2.23. The van der Waals surface area contributed by atoms with Gasteiger partial charge in [-0.2, -0.15) is 0 Å². The quantitative estimate of drug-likeness (QED) is 0.597. The minimum absolute atomic E-state index is 0.0544. The Bertz CT molecular complexity index is 516. The van der Waals surface area contributed by atoms with Gasteiger partial charge in [0.1, 0.15) is 0 Å². The molecule has 1 aromatic carbocycles. The molecule has 1 radical (unpaired) electrons. The largest absolute Gasteiger partial charge is 0.289 e. The smallest absolute Gasteiger partial charge is 0.187 e. The van der Waals surface area contributed by atoms with E-state index in [-0.39, 0.29) is 5.78 Å². The molecule has 0 amide bonds. The van der Waals surface area contributed by atoms with Crippen LogP contribution in [0.3, 0.4) is 0 Å². The van der Waals surface area contributed by atoms with Crippen molar-refractivity contribution in [3.8, 4) is 0 Å². The summed E-state index contributed by atoms with van der Waals surface area (Å²) in [6.07, 6.45) is 8.48. The number of hydrogen-bond donors (Lipinski definition) is 0. The van der Waals surface area contributed by atoms with Crippen LogP contribution in [0.1, 0.15) is 11.1 Å². The maximum absolute atomic E-state index is 11.5. The van der Waals surface area contributed by atoms with Gasteiger partial charge >= 0.3 is 0 Å². The van der Waals surface area contributed by atoms with E-state index in [1.54, 1.807) is 12.2 Å². The monoisotopic (exact) mass is 179 g/mol. The highest BCUT2D eigenvalue weighted by molar-refractivity contribution is 6.19. The summed E-state index contributed by atoms with van der Waals surface area (Å²) >= 11 is 0. The molecule has 0 aliphatic heterocycles. The number of carbonyl (C=O) groups excluding carboxylic acids is 1. The number of benzene rings is 1. The van der Waals surface area contributed by atoms with Crippen molar-refractivity contribution < 1.29 is 4.79 Å². The van der Waals surface area contributed by atoms with Gasteiger partial charge in [-0.05, 0) is 22.8 Å². The lowest BCUT2D eigenvalue weighted by Crippen LogP contribution is -2.00. The minimum atomic E-state index is 0.0544. The van der Waals surface area contributed by atoms with E-state index in [4.69, 9.17) is 0 Å². The van der Waals surface area contributed by atoms with Crippen molar-refractivity contribution in [2.75, 3.05) is 0 Å². The van der Waals surface area contributed by atoms with Crippen LogP contribution in [0.5, 0.6) is 0 Å². The van der Waals surface area contributed by atoms with E-state index in [9.17, 15) is 4.79 Å². The predicted octanol–water partition coefficient (Wildman–Crippen LogP) is 2.30. The third kappa shape index (κ3) is 0.867. The zero-order chi connectivity index (χ0) is 9.54. The van der Waals surface area contributed by atoms with E-state index < -0.39 is 0 Å². The standard InChI is InChI=1S/C13H7O/c14-13-7-3-6-11-10-5-2-1-4-9(10)8-12(11)13/h1-7H. The molecule has 0 atom stereocenters. The van der Waals surface area contributed by atoms with Crippen LogP contribution in [0.25, 0.3) is 5.57 Å². The van der Waals surface area contributed by atoms with Crippen LogP contribution in [0, 0.1) is 6.08 Å². The molecular weight excluding hydrogens is 172 g/mol. The van der Waals surface area contributed by atoms with Crippen molar-refractivity contribution in [2.24, 2.45) is 0 Å². The molecule has 0 N–H and O–H groups in total. The maximum Gasteiger partial charge on any atom is 0.187 e. The zero-order valence-corrected chi connectivity index (χ0v) is 7.45. The Morgan fingerprint density at radius 2 is 2.00 bits per heavy atom. The first-order valence-electron chi connectivity index (χ1n) is 4.53. The van der Waals surface area contributed by atoms with E-state index in [0.717, 1.165) is 16.7 Å². The van der Waals surface area contributed by atoms with Crippen molar-refractivity contribution in [2.45, 2.75) is 0 Å². The molecule has 0 spiro atoms. The first kappa shape index (κ1) is 7.51. The van der Waals surface area contributed by atoms with Crippen LogP contribution in [-0.2, 0) is 4.79 Å². The molecule has 2 aliphatic rings. The summed E-state index contributed by atoms with van der Waals surface area (Å²) in [6.45, 7) is 0. The lowest BCUT2D eigenvalue weighted by atomic mass is 9.96. The zero-order valence-electron chi connectivity index (χ0n) is 7.45. The lowest BCUT2D eigenvalue weighted by Gasteiger charge is -2.06. The summed E-state index contributed by atoms with van der Waals surface area (Å²) < 4.78 is 0. The highest BCUT2D eigenvalue weighted by Crippen LogP contribution is 2.35. The Hall–Kier alpha value is -1.89. The van der Waals surface area contributed by atoms with Crippen LogP contribution in [0.15, 0.2) is 48.1 Å². The van der Waals surface area contributed by atoms with Gasteiger partial charge in [0.2, 0.25) is 0 Å². The van der Waals surface area contributed by atoms with Gasteiger partial charge in [0, 0.05) is 11.6 Å². The third-order valence-electron chi connectivity index (χ3n) is 2.50. The Morgan fingerprint density at radius 3 is 2.93 bits per heavy atom. The van der Waals surface area contributed by atoms with Gasteiger partial charge in [0.15, 0.2) is 5.78 Å². The lowest BCUT2D eigenvalue weighted by molar-refractivity contribution is -0.111. The Balaban J connectivity index is 2.29. The summed E-state index contributed by atoms with van der Waals surface area (Å²) in [6, 6.07) is 7.94. The van der Waals surface area contributed by atoms with Gasteiger partial charge in [-0.15, -0.1) is 0 Å². The number of carbonyl (C=O) groups is 1. The summed E-state index contributed by atoms with van der Waals surface area (Å²) in [5, 5.41) is 0. The van der Waals surface area contributed by atoms with Gasteiger partial charge in [-0.3, -0.25) is 4.79 Å². The number of allylic oxidation sites excluding steroid dienone is 5. The molecule has 14 heavy (non-hydrogen) atoms. The Kier molecular flexibility index (Phi) is 1.37. The van der Waals surface area contributed by atoms with Crippen LogP contribution >= 0.6 is 0 Å². The van der Waals surface area contributed by atoms with Crippen molar-refractivity contribution in [3.05, 3.63) is 65.3 Å². The molecular formula is C13H7O. The van der Waals surface area contributed by atoms with Gasteiger partial charge in [-0.25, -0.2) is 0 Å². The van der Waals surface area contributed by atoms with E-state index in [2.05, 4.69) is 6.08 Å². The van der Waals surface area contributed by atoms with Gasteiger partial charge in [-0.1, -0.05) is 36.4 Å². The second kappa shape index (κ2) is 2.55. The number of hydrogen-bond acceptors (Lipinski definition) is 1. The van der Waals surface area contributed by atoms with E-state index in [1.165, 1.54) is 0 Å². The molecule has 0 bridgehead atoms. The van der Waals surface area contributed by atoms with Crippen LogP contribution in [0.2, 0.25) is 0 Å². The van der Waals surface area contributed by atoms with E-state index in [1.807, 2.05) is 30.3 Å². The number of rotatable bonds is 0. The Morgan fingerprint density at radius 1 is 1.14 bits per heavy atom. The van der Waals surface area contributed by atoms with Crippen LogP contribution in [0.4, 0.5) is 0 Å². The van der Waals surface area contributed by atoms with Crippen LogP contribution in [-0.4, -0.2) is 5.78 Å². The maximum atomic E-state index is 11.5. The average molecular weight is 179 g/mol. The molecule has 0 aromatic heterocycles. The molecule has 0 saturated carbocycles. The molecule has 65 valence electrons. The fourth-order valence-electron chi connectivity index (χ4n) is 1.85. The second-order valence-electron chi connectivity index (χ2n) is 3.35. The predicted molar refractivity (Wildman–Crippen MR) is 54.4 cm³/mol. The molecule has 0 fully saturated rings. The molecule has 1 aromatic rings. The topological polar surface area (TPSA) is 17.1 Å². The van der Waals surface area contributed by atoms with Crippen molar-refractivity contribution >= 4 is 11.4 Å². The van der Waals surface area contributed by atoms with Crippen molar-refractivity contribution in [1.29, 1.82) is 0 Å². The highest BCUT2D eigenvalue weighted by atomic mass is 16.1. The van der Waals surface area contributed by atoms with Crippen LogP contribution < -0.4 is 0 Å². The van der Waals surface area contributed by atoms with Crippen molar-refractivity contribution in [3.63, 3.8) is 0 Å². The first-order chi connectivity index (χ1) is 6.86. The number of fused-ring (bicyclic) bond motifs is 3. The third-order valence-corrected chi connectivity index (χ3v) is 2.50. The average Bonchev–Trinajstić information content (AvgIpc) is 2.59. The van der Waals surface area contributed by atoms with E-state index >= 15 is 0 Å².